The first-order valence-electron chi connectivity index (χ1n) is 4.65. The zero-order valence-corrected chi connectivity index (χ0v) is 9.47. The molecule has 0 aliphatic rings. The number of carbonyl (C=O) groups is 1. The van der Waals surface area contributed by atoms with Crippen molar-refractivity contribution < 1.29 is 9.90 Å². The van der Waals surface area contributed by atoms with Crippen molar-refractivity contribution >= 4 is 17.3 Å². The number of aromatic nitrogens is 1. The van der Waals surface area contributed by atoms with E-state index < -0.39 is 11.9 Å². The number of nitrogens with zero attached hydrogens (tertiary/aromatic N) is 1. The Kier molecular flexibility index (Phi) is 3.63. The van der Waals surface area contributed by atoms with Gasteiger partial charge in [-0.3, -0.25) is 4.79 Å². The van der Waals surface area contributed by atoms with Crippen molar-refractivity contribution in [2.24, 2.45) is 5.92 Å². The fourth-order valence-corrected chi connectivity index (χ4v) is 2.21. The molecular weight excluding hydrogens is 198 g/mol. The van der Waals surface area contributed by atoms with Crippen LogP contribution in [0, 0.1) is 12.8 Å². The van der Waals surface area contributed by atoms with Crippen LogP contribution in [0.3, 0.4) is 0 Å². The fourth-order valence-electron chi connectivity index (χ4n) is 1.31. The molecule has 78 valence electrons. The summed E-state index contributed by atoms with van der Waals surface area (Å²) >= 11 is 1.44. The summed E-state index contributed by atoms with van der Waals surface area (Å²) in [4.78, 5) is 15.2. The highest BCUT2D eigenvalue weighted by Gasteiger charge is 2.23. The molecule has 1 unspecified atom stereocenters. The maximum Gasteiger partial charge on any atom is 0.313 e. The quantitative estimate of drug-likeness (QED) is 0.836. The zero-order valence-electron chi connectivity index (χ0n) is 8.65. The topological polar surface area (TPSA) is 50.2 Å². The molecule has 0 aliphatic heterocycles. The molecule has 4 heteroatoms. The Morgan fingerprint density at radius 1 is 1.64 bits per heavy atom. The lowest BCUT2D eigenvalue weighted by atomic mass is 9.98. The van der Waals surface area contributed by atoms with E-state index in [0.717, 1.165) is 10.7 Å². The zero-order chi connectivity index (χ0) is 10.7. The van der Waals surface area contributed by atoms with Gasteiger partial charge in [0.25, 0.3) is 0 Å². The van der Waals surface area contributed by atoms with Crippen LogP contribution in [0.25, 0.3) is 0 Å². The molecule has 14 heavy (non-hydrogen) atoms. The van der Waals surface area contributed by atoms with E-state index >= 15 is 0 Å². The molecule has 0 amide bonds. The fraction of sp³-hybridized carbons (Fsp3) is 0.600. The smallest absolute Gasteiger partial charge is 0.313 e. The minimum atomic E-state index is -0.770. The van der Waals surface area contributed by atoms with Crippen LogP contribution in [0.15, 0.2) is 5.38 Å². The summed E-state index contributed by atoms with van der Waals surface area (Å²) < 4.78 is 0. The number of carboxylic acids is 1. The molecule has 1 N–H and O–H groups in total. The SMILES string of the molecule is Cc1csc(C(CC(C)C)C(=O)O)n1. The molecule has 0 aromatic carbocycles. The maximum absolute atomic E-state index is 11.0. The van der Waals surface area contributed by atoms with E-state index in [1.54, 1.807) is 0 Å². The Hall–Kier alpha value is -0.900. The van der Waals surface area contributed by atoms with Crippen molar-refractivity contribution in [3.8, 4) is 0 Å². The van der Waals surface area contributed by atoms with Gasteiger partial charge in [-0.25, -0.2) is 4.98 Å². The highest BCUT2D eigenvalue weighted by Crippen LogP contribution is 2.26. The summed E-state index contributed by atoms with van der Waals surface area (Å²) in [7, 11) is 0. The molecule has 1 aromatic rings. The lowest BCUT2D eigenvalue weighted by molar-refractivity contribution is -0.139. The van der Waals surface area contributed by atoms with E-state index in [1.807, 2.05) is 26.2 Å². The van der Waals surface area contributed by atoms with Gasteiger partial charge in [0.2, 0.25) is 0 Å². The van der Waals surface area contributed by atoms with Gasteiger partial charge in [-0.2, -0.15) is 0 Å². The summed E-state index contributed by atoms with van der Waals surface area (Å²) in [6.45, 7) is 5.93. The van der Waals surface area contributed by atoms with Crippen LogP contribution >= 0.6 is 11.3 Å². The molecule has 1 aromatic heterocycles. The van der Waals surface area contributed by atoms with Gasteiger partial charge in [-0.1, -0.05) is 13.8 Å². The van der Waals surface area contributed by atoms with Crippen molar-refractivity contribution in [3.05, 3.63) is 16.1 Å². The van der Waals surface area contributed by atoms with E-state index in [4.69, 9.17) is 5.11 Å². The highest BCUT2D eigenvalue weighted by molar-refractivity contribution is 7.09. The van der Waals surface area contributed by atoms with Gasteiger partial charge in [0.1, 0.15) is 10.9 Å². The maximum atomic E-state index is 11.0. The minimum absolute atomic E-state index is 0.375. The van der Waals surface area contributed by atoms with Crippen LogP contribution in [0.1, 0.15) is 36.9 Å². The van der Waals surface area contributed by atoms with Gasteiger partial charge in [0.15, 0.2) is 0 Å². The standard InChI is InChI=1S/C10H15NO2S/c1-6(2)4-8(10(12)13)9-11-7(3)5-14-9/h5-6,8H,4H2,1-3H3,(H,12,13). The molecule has 1 heterocycles. The average molecular weight is 213 g/mol. The van der Waals surface area contributed by atoms with Gasteiger partial charge in [-0.15, -0.1) is 11.3 Å². The molecule has 0 aliphatic carbocycles. The first kappa shape index (κ1) is 11.2. The van der Waals surface area contributed by atoms with Crippen LogP contribution < -0.4 is 0 Å². The van der Waals surface area contributed by atoms with Crippen LogP contribution in [0.5, 0.6) is 0 Å². The Labute approximate surface area is 87.8 Å². The predicted molar refractivity (Wildman–Crippen MR) is 56.7 cm³/mol. The first-order valence-corrected chi connectivity index (χ1v) is 5.53. The van der Waals surface area contributed by atoms with E-state index in [-0.39, 0.29) is 0 Å². The largest absolute Gasteiger partial charge is 0.481 e. The Morgan fingerprint density at radius 2 is 2.29 bits per heavy atom. The van der Waals surface area contributed by atoms with Crippen LogP contribution in [0.4, 0.5) is 0 Å². The summed E-state index contributed by atoms with van der Waals surface area (Å²) in [5, 5.41) is 11.7. The molecule has 0 saturated carbocycles. The number of thiazole rings is 1. The third kappa shape index (κ3) is 2.80. The normalized spacial score (nSPS) is 13.1. The monoisotopic (exact) mass is 213 g/mol. The van der Waals surface area contributed by atoms with Crippen molar-refractivity contribution in [1.29, 1.82) is 0 Å². The number of aliphatic carboxylic acids is 1. The summed E-state index contributed by atoms with van der Waals surface area (Å²) in [5.74, 6) is -0.831. The molecular formula is C10H15NO2S. The highest BCUT2D eigenvalue weighted by atomic mass is 32.1. The predicted octanol–water partition coefficient (Wildman–Crippen LogP) is 2.67. The van der Waals surface area contributed by atoms with Gasteiger partial charge in [0, 0.05) is 11.1 Å². The Bertz CT molecular complexity index is 320. The summed E-state index contributed by atoms with van der Waals surface area (Å²) in [5.41, 5.74) is 0.903. The Morgan fingerprint density at radius 3 is 2.64 bits per heavy atom. The molecule has 0 bridgehead atoms. The van der Waals surface area contributed by atoms with Crippen LogP contribution in [-0.2, 0) is 4.79 Å². The van der Waals surface area contributed by atoms with E-state index in [0.29, 0.717) is 12.3 Å². The van der Waals surface area contributed by atoms with Crippen LogP contribution in [-0.4, -0.2) is 16.1 Å². The van der Waals surface area contributed by atoms with Gasteiger partial charge in [-0.05, 0) is 19.3 Å². The molecule has 0 spiro atoms. The lowest BCUT2D eigenvalue weighted by Gasteiger charge is -2.11. The molecule has 3 nitrogen and oxygen atoms in total. The minimum Gasteiger partial charge on any atom is -0.481 e. The van der Waals surface area contributed by atoms with Crippen molar-refractivity contribution in [3.63, 3.8) is 0 Å². The van der Waals surface area contributed by atoms with E-state index in [1.165, 1.54) is 11.3 Å². The Balaban J connectivity index is 2.83. The summed E-state index contributed by atoms with van der Waals surface area (Å²) in [6.07, 6.45) is 0.655. The molecule has 1 atom stereocenters. The van der Waals surface area contributed by atoms with Crippen molar-refractivity contribution in [2.75, 3.05) is 0 Å². The van der Waals surface area contributed by atoms with Crippen molar-refractivity contribution in [2.45, 2.75) is 33.1 Å². The number of hydrogen-bond donors (Lipinski definition) is 1. The lowest BCUT2D eigenvalue weighted by Crippen LogP contribution is -2.13. The van der Waals surface area contributed by atoms with Crippen LogP contribution in [0.2, 0.25) is 0 Å². The second kappa shape index (κ2) is 4.55. The first-order chi connectivity index (χ1) is 6.50. The van der Waals surface area contributed by atoms with Gasteiger partial charge < -0.3 is 5.11 Å². The molecule has 0 radical (unpaired) electrons. The average Bonchev–Trinajstić information content (AvgIpc) is 2.46. The molecule has 0 fully saturated rings. The number of hydrogen-bond acceptors (Lipinski definition) is 3. The van der Waals surface area contributed by atoms with E-state index in [9.17, 15) is 4.79 Å². The van der Waals surface area contributed by atoms with Gasteiger partial charge in [0.05, 0.1) is 0 Å². The molecule has 0 saturated heterocycles. The van der Waals surface area contributed by atoms with Gasteiger partial charge >= 0.3 is 5.97 Å². The number of carboxylic acid groups (broad SMARTS) is 1. The number of rotatable bonds is 4. The molecule has 1 rings (SSSR count). The summed E-state index contributed by atoms with van der Waals surface area (Å²) in [6, 6.07) is 0. The second-order valence-electron chi connectivity index (χ2n) is 3.85. The third-order valence-corrected chi connectivity index (χ3v) is 3.02. The second-order valence-corrected chi connectivity index (χ2v) is 4.74. The number of aryl methyl sites for hydroxylation is 1. The van der Waals surface area contributed by atoms with E-state index in [2.05, 4.69) is 4.98 Å². The third-order valence-electron chi connectivity index (χ3n) is 1.94. The van der Waals surface area contributed by atoms with Crippen molar-refractivity contribution in [1.82, 2.24) is 4.98 Å².